The van der Waals surface area contributed by atoms with Crippen LogP contribution >= 0.6 is 11.3 Å². The molecule has 1 fully saturated rings. The van der Waals surface area contributed by atoms with Crippen molar-refractivity contribution in [2.75, 3.05) is 13.1 Å². The van der Waals surface area contributed by atoms with Gasteiger partial charge in [0, 0.05) is 25.5 Å². The Labute approximate surface area is 151 Å². The van der Waals surface area contributed by atoms with Crippen LogP contribution in [0.1, 0.15) is 35.3 Å². The van der Waals surface area contributed by atoms with Gasteiger partial charge in [0.25, 0.3) is 0 Å². The highest BCUT2D eigenvalue weighted by Gasteiger charge is 2.24. The number of carbonyl (C=O) groups is 1. The maximum Gasteiger partial charge on any atom is 0.317 e. The monoisotopic (exact) mass is 361 g/mol. The Balaban J connectivity index is 1.44. The summed E-state index contributed by atoms with van der Waals surface area (Å²) < 4.78 is 5.95. The van der Waals surface area contributed by atoms with Crippen molar-refractivity contribution in [2.24, 2.45) is 0 Å². The normalized spacial score (nSPS) is 17.5. The molecule has 1 atom stereocenters. The molecule has 3 heterocycles. The van der Waals surface area contributed by atoms with Crippen LogP contribution < -0.4 is 5.32 Å². The number of amides is 2. The van der Waals surface area contributed by atoms with E-state index in [0.29, 0.717) is 19.7 Å². The molecule has 25 heavy (non-hydrogen) atoms. The van der Waals surface area contributed by atoms with E-state index in [9.17, 15) is 4.79 Å². The first kappa shape index (κ1) is 17.8. The Morgan fingerprint density at radius 2 is 2.32 bits per heavy atom. The summed E-state index contributed by atoms with van der Waals surface area (Å²) in [6.45, 7) is 4.37. The van der Waals surface area contributed by atoms with Gasteiger partial charge in [0.1, 0.15) is 10.0 Å². The lowest BCUT2D eigenvalue weighted by molar-refractivity contribution is -0.000460. The third-order valence-corrected chi connectivity index (χ3v) is 5.14. The van der Waals surface area contributed by atoms with Crippen molar-refractivity contribution in [1.82, 2.24) is 25.4 Å². The van der Waals surface area contributed by atoms with E-state index in [1.54, 1.807) is 23.7 Å². The second-order valence-corrected chi connectivity index (χ2v) is 7.13. The summed E-state index contributed by atoms with van der Waals surface area (Å²) in [6, 6.07) is 3.83. The van der Waals surface area contributed by atoms with Crippen LogP contribution in [0.5, 0.6) is 0 Å². The Morgan fingerprint density at radius 3 is 3.08 bits per heavy atom. The fraction of sp³-hybridized carbons (Fsp3) is 0.529. The van der Waals surface area contributed by atoms with Gasteiger partial charge in [-0.3, -0.25) is 4.98 Å². The maximum absolute atomic E-state index is 12.4. The molecule has 2 aromatic heterocycles. The third-order valence-electron chi connectivity index (χ3n) is 4.08. The lowest BCUT2D eigenvalue weighted by Crippen LogP contribution is -2.47. The molecule has 7 nitrogen and oxygen atoms in total. The molecule has 0 bridgehead atoms. The summed E-state index contributed by atoms with van der Waals surface area (Å²) in [6.07, 6.45) is 6.41. The van der Waals surface area contributed by atoms with Crippen molar-refractivity contribution in [2.45, 2.75) is 45.4 Å². The number of hydrogen-bond acceptors (Lipinski definition) is 6. The van der Waals surface area contributed by atoms with E-state index in [1.807, 2.05) is 24.0 Å². The number of nitrogens with zero attached hydrogens (tertiary/aromatic N) is 4. The molecule has 134 valence electrons. The number of rotatable bonds is 6. The molecule has 2 aromatic rings. The Bertz CT molecular complexity index is 679. The predicted molar refractivity (Wildman–Crippen MR) is 95.1 cm³/mol. The minimum atomic E-state index is -0.0667. The third kappa shape index (κ3) is 5.20. The first-order valence-electron chi connectivity index (χ1n) is 8.59. The smallest absolute Gasteiger partial charge is 0.317 e. The number of aromatic nitrogens is 3. The van der Waals surface area contributed by atoms with Gasteiger partial charge in [0.15, 0.2) is 0 Å². The van der Waals surface area contributed by atoms with Gasteiger partial charge < -0.3 is 15.0 Å². The molecule has 1 aliphatic heterocycles. The second-order valence-electron chi connectivity index (χ2n) is 5.98. The van der Waals surface area contributed by atoms with Crippen LogP contribution in [0.2, 0.25) is 0 Å². The van der Waals surface area contributed by atoms with E-state index < -0.39 is 0 Å². The molecule has 1 saturated heterocycles. The molecule has 1 N–H and O–H groups in total. The molecule has 0 spiro atoms. The SMILES string of the molecule is CCc1nnc(CNC(=O)N2CCC[C@H](OCc3cccnc3)C2)s1. The molecule has 0 saturated carbocycles. The van der Waals surface area contributed by atoms with E-state index in [2.05, 4.69) is 20.5 Å². The van der Waals surface area contributed by atoms with Crippen molar-refractivity contribution in [3.05, 3.63) is 40.1 Å². The first-order chi connectivity index (χ1) is 12.2. The van der Waals surface area contributed by atoms with Gasteiger partial charge in [0.2, 0.25) is 0 Å². The summed E-state index contributed by atoms with van der Waals surface area (Å²) >= 11 is 1.54. The molecular formula is C17H23N5O2S. The molecule has 0 unspecified atom stereocenters. The van der Waals surface area contributed by atoms with E-state index in [1.165, 1.54) is 0 Å². The average molecular weight is 361 g/mol. The first-order valence-corrected chi connectivity index (χ1v) is 9.40. The van der Waals surface area contributed by atoms with Crippen LogP contribution in [0.25, 0.3) is 0 Å². The molecule has 3 rings (SSSR count). The fourth-order valence-corrected chi connectivity index (χ4v) is 3.45. The van der Waals surface area contributed by atoms with E-state index in [0.717, 1.165) is 41.4 Å². The van der Waals surface area contributed by atoms with Crippen LogP contribution in [0.15, 0.2) is 24.5 Å². The van der Waals surface area contributed by atoms with E-state index in [4.69, 9.17) is 4.74 Å². The molecular weight excluding hydrogens is 338 g/mol. The number of urea groups is 1. The zero-order valence-corrected chi connectivity index (χ0v) is 15.2. The summed E-state index contributed by atoms with van der Waals surface area (Å²) in [7, 11) is 0. The lowest BCUT2D eigenvalue weighted by Gasteiger charge is -2.32. The van der Waals surface area contributed by atoms with Crippen molar-refractivity contribution in [3.8, 4) is 0 Å². The topological polar surface area (TPSA) is 80.2 Å². The Hall–Kier alpha value is -2.06. The van der Waals surface area contributed by atoms with Gasteiger partial charge >= 0.3 is 6.03 Å². The number of hydrogen-bond donors (Lipinski definition) is 1. The largest absolute Gasteiger partial charge is 0.372 e. The van der Waals surface area contributed by atoms with Crippen molar-refractivity contribution in [3.63, 3.8) is 0 Å². The van der Waals surface area contributed by atoms with Crippen molar-refractivity contribution >= 4 is 17.4 Å². The van der Waals surface area contributed by atoms with Crippen LogP contribution in [-0.4, -0.2) is 45.3 Å². The van der Waals surface area contributed by atoms with Gasteiger partial charge in [-0.2, -0.15) is 0 Å². The molecule has 1 aliphatic rings. The van der Waals surface area contributed by atoms with Gasteiger partial charge in [-0.05, 0) is 30.9 Å². The van der Waals surface area contributed by atoms with Gasteiger partial charge in [-0.15, -0.1) is 10.2 Å². The number of pyridine rings is 1. The summed E-state index contributed by atoms with van der Waals surface area (Å²) in [5.74, 6) is 0. The Kier molecular flexibility index (Phi) is 6.30. The maximum atomic E-state index is 12.4. The fourth-order valence-electron chi connectivity index (χ4n) is 2.72. The number of piperidine rings is 1. The highest BCUT2D eigenvalue weighted by atomic mass is 32.1. The number of carbonyl (C=O) groups excluding carboxylic acids is 1. The summed E-state index contributed by atoms with van der Waals surface area (Å²) in [4.78, 5) is 18.3. The van der Waals surface area contributed by atoms with Crippen molar-refractivity contribution in [1.29, 1.82) is 0 Å². The number of aryl methyl sites for hydroxylation is 1. The van der Waals surface area contributed by atoms with Gasteiger partial charge in [-0.1, -0.05) is 24.3 Å². The lowest BCUT2D eigenvalue weighted by atomic mass is 10.1. The quantitative estimate of drug-likeness (QED) is 0.854. The average Bonchev–Trinajstić information content (AvgIpc) is 3.14. The molecule has 8 heteroatoms. The summed E-state index contributed by atoms with van der Waals surface area (Å²) in [5, 5.41) is 12.9. The number of nitrogens with one attached hydrogen (secondary N) is 1. The molecule has 0 aromatic carbocycles. The highest BCUT2D eigenvalue weighted by molar-refractivity contribution is 7.11. The highest BCUT2D eigenvalue weighted by Crippen LogP contribution is 2.15. The van der Waals surface area contributed by atoms with Crippen LogP contribution in [0.4, 0.5) is 4.79 Å². The number of ether oxygens (including phenoxy) is 1. The summed E-state index contributed by atoms with van der Waals surface area (Å²) in [5.41, 5.74) is 1.05. The van der Waals surface area contributed by atoms with Crippen LogP contribution in [0, 0.1) is 0 Å². The predicted octanol–water partition coefficient (Wildman–Crippen LogP) is 2.39. The van der Waals surface area contributed by atoms with Crippen LogP contribution in [0.3, 0.4) is 0 Å². The van der Waals surface area contributed by atoms with Crippen LogP contribution in [-0.2, 0) is 24.3 Å². The van der Waals surface area contributed by atoms with Crippen molar-refractivity contribution < 1.29 is 9.53 Å². The minimum Gasteiger partial charge on any atom is -0.372 e. The molecule has 0 radical (unpaired) electrons. The van der Waals surface area contributed by atoms with E-state index in [-0.39, 0.29) is 12.1 Å². The second kappa shape index (κ2) is 8.87. The molecule has 0 aliphatic carbocycles. The Morgan fingerprint density at radius 1 is 1.44 bits per heavy atom. The standard InChI is InChI=1S/C17H23N5O2S/c1-2-15-20-21-16(25-15)10-19-17(23)22-8-4-6-14(11-22)24-12-13-5-3-7-18-9-13/h3,5,7,9,14H,2,4,6,8,10-12H2,1H3,(H,19,23)/t14-/m0/s1. The zero-order valence-electron chi connectivity index (χ0n) is 14.4. The van der Waals surface area contributed by atoms with E-state index >= 15 is 0 Å². The zero-order chi connectivity index (χ0) is 17.5. The van der Waals surface area contributed by atoms with Gasteiger partial charge in [0.05, 0.1) is 19.3 Å². The molecule has 2 amide bonds. The number of likely N-dealkylation sites (tertiary alicyclic amines) is 1. The van der Waals surface area contributed by atoms with Gasteiger partial charge in [-0.25, -0.2) is 4.79 Å². The minimum absolute atomic E-state index is 0.0629.